The smallest absolute Gasteiger partial charge is 0.250 e. The minimum Gasteiger partial charge on any atom is -0.318 e. The first-order valence-electron chi connectivity index (χ1n) is 9.25. The maximum atomic E-state index is 12.0. The molecule has 5 heteroatoms. The van der Waals surface area contributed by atoms with Crippen LogP contribution in [-0.2, 0) is 10.5 Å². The Bertz CT molecular complexity index is 977. The van der Waals surface area contributed by atoms with Gasteiger partial charge in [0.25, 0.3) is 0 Å². The maximum Gasteiger partial charge on any atom is 0.250 e. The van der Waals surface area contributed by atoms with E-state index in [0.29, 0.717) is 5.75 Å². The first kappa shape index (κ1) is 20.0. The van der Waals surface area contributed by atoms with Gasteiger partial charge in [-0.3, -0.25) is 4.79 Å². The second kappa shape index (κ2) is 9.42. The molecule has 2 aromatic carbocycles. The van der Waals surface area contributed by atoms with Crippen molar-refractivity contribution < 1.29 is 4.79 Å². The zero-order valence-electron chi connectivity index (χ0n) is 16.5. The topological polar surface area (TPSA) is 46.4 Å². The Balaban J connectivity index is 1.55. The molecule has 1 amide bonds. The van der Waals surface area contributed by atoms with Gasteiger partial charge < -0.3 is 4.57 Å². The average Bonchev–Trinajstić information content (AvgIpc) is 2.97. The Morgan fingerprint density at radius 2 is 1.79 bits per heavy atom. The van der Waals surface area contributed by atoms with Crippen LogP contribution >= 0.6 is 11.8 Å². The van der Waals surface area contributed by atoms with Crippen LogP contribution in [0.25, 0.3) is 5.69 Å². The molecule has 0 saturated carbocycles. The number of amides is 1. The standard InChI is InChI=1S/C23H25N3OS/c1-17-9-7-8-10-20(17)15-28-16-23(27)25-24-14-21-13-18(2)26(19(21)3)22-11-5-4-6-12-22/h4-14H,15-16H2,1-3H3,(H,25,27)/b24-14-. The van der Waals surface area contributed by atoms with Crippen LogP contribution in [-0.4, -0.2) is 22.4 Å². The number of carbonyl (C=O) groups excluding carboxylic acids is 1. The number of para-hydroxylation sites is 1. The molecule has 0 bridgehead atoms. The van der Waals surface area contributed by atoms with E-state index < -0.39 is 0 Å². The summed E-state index contributed by atoms with van der Waals surface area (Å²) in [6.45, 7) is 6.21. The van der Waals surface area contributed by atoms with Crippen LogP contribution < -0.4 is 5.43 Å². The molecule has 3 aromatic rings. The molecule has 1 aromatic heterocycles. The fraction of sp³-hybridized carbons (Fsp3) is 0.217. The Labute approximate surface area is 170 Å². The predicted octanol–water partition coefficient (Wildman–Crippen LogP) is 4.79. The van der Waals surface area contributed by atoms with Gasteiger partial charge in [-0.2, -0.15) is 5.10 Å². The van der Waals surface area contributed by atoms with Crippen molar-refractivity contribution in [3.8, 4) is 5.69 Å². The Kier molecular flexibility index (Phi) is 6.71. The predicted molar refractivity (Wildman–Crippen MR) is 118 cm³/mol. The van der Waals surface area contributed by atoms with Gasteiger partial charge in [0, 0.05) is 28.4 Å². The van der Waals surface area contributed by atoms with E-state index in [1.807, 2.05) is 30.3 Å². The fourth-order valence-corrected chi connectivity index (χ4v) is 4.02. The molecule has 1 heterocycles. The van der Waals surface area contributed by atoms with E-state index in [1.54, 1.807) is 18.0 Å². The van der Waals surface area contributed by atoms with Crippen molar-refractivity contribution in [2.24, 2.45) is 5.10 Å². The second-order valence-electron chi connectivity index (χ2n) is 6.71. The Hall–Kier alpha value is -2.79. The Morgan fingerprint density at radius 3 is 2.54 bits per heavy atom. The number of aryl methyl sites for hydroxylation is 2. The molecular formula is C23H25N3OS. The summed E-state index contributed by atoms with van der Waals surface area (Å²) in [5.41, 5.74) is 9.48. The van der Waals surface area contributed by atoms with Crippen LogP contribution in [0.15, 0.2) is 65.8 Å². The number of carbonyl (C=O) groups is 1. The summed E-state index contributed by atoms with van der Waals surface area (Å²) in [4.78, 5) is 12.0. The Morgan fingerprint density at radius 1 is 1.07 bits per heavy atom. The summed E-state index contributed by atoms with van der Waals surface area (Å²) < 4.78 is 2.18. The van der Waals surface area contributed by atoms with E-state index in [-0.39, 0.29) is 5.91 Å². The van der Waals surface area contributed by atoms with Crippen molar-refractivity contribution in [2.45, 2.75) is 26.5 Å². The number of hydrazone groups is 1. The van der Waals surface area contributed by atoms with Crippen molar-refractivity contribution in [3.63, 3.8) is 0 Å². The van der Waals surface area contributed by atoms with Gasteiger partial charge in [-0.25, -0.2) is 5.43 Å². The van der Waals surface area contributed by atoms with Crippen LogP contribution in [0.2, 0.25) is 0 Å². The molecule has 4 nitrogen and oxygen atoms in total. The summed E-state index contributed by atoms with van der Waals surface area (Å²) in [6.07, 6.45) is 1.71. The first-order chi connectivity index (χ1) is 13.6. The quantitative estimate of drug-likeness (QED) is 0.465. The summed E-state index contributed by atoms with van der Waals surface area (Å²) in [5.74, 6) is 1.11. The number of thioether (sulfide) groups is 1. The van der Waals surface area contributed by atoms with E-state index in [4.69, 9.17) is 0 Å². The van der Waals surface area contributed by atoms with Gasteiger partial charge in [-0.1, -0.05) is 42.5 Å². The van der Waals surface area contributed by atoms with Gasteiger partial charge in [0.2, 0.25) is 5.91 Å². The molecule has 144 valence electrons. The lowest BCUT2D eigenvalue weighted by Gasteiger charge is -2.09. The molecule has 0 unspecified atom stereocenters. The normalized spacial score (nSPS) is 11.1. The summed E-state index contributed by atoms with van der Waals surface area (Å²) >= 11 is 1.59. The molecule has 1 N–H and O–H groups in total. The highest BCUT2D eigenvalue weighted by Crippen LogP contribution is 2.19. The van der Waals surface area contributed by atoms with Crippen molar-refractivity contribution in [1.29, 1.82) is 0 Å². The number of nitrogens with one attached hydrogen (secondary N) is 1. The summed E-state index contributed by atoms with van der Waals surface area (Å²) in [6, 6.07) is 20.5. The summed E-state index contributed by atoms with van der Waals surface area (Å²) in [5, 5.41) is 4.14. The lowest BCUT2D eigenvalue weighted by atomic mass is 10.1. The van der Waals surface area contributed by atoms with E-state index in [2.05, 4.69) is 66.2 Å². The highest BCUT2D eigenvalue weighted by atomic mass is 32.2. The van der Waals surface area contributed by atoms with Gasteiger partial charge in [-0.05, 0) is 50.1 Å². The minimum absolute atomic E-state index is 0.0910. The van der Waals surface area contributed by atoms with E-state index in [9.17, 15) is 4.79 Å². The van der Waals surface area contributed by atoms with Gasteiger partial charge in [-0.15, -0.1) is 11.8 Å². The van der Waals surface area contributed by atoms with Crippen molar-refractivity contribution in [2.75, 3.05) is 5.75 Å². The average molecular weight is 392 g/mol. The molecular weight excluding hydrogens is 366 g/mol. The molecule has 0 aliphatic heterocycles. The van der Waals surface area contributed by atoms with Gasteiger partial charge in [0.1, 0.15) is 0 Å². The van der Waals surface area contributed by atoms with Gasteiger partial charge in [0.05, 0.1) is 12.0 Å². The lowest BCUT2D eigenvalue weighted by Crippen LogP contribution is -2.19. The monoisotopic (exact) mass is 391 g/mol. The van der Waals surface area contributed by atoms with Crippen LogP contribution in [0.4, 0.5) is 0 Å². The molecule has 28 heavy (non-hydrogen) atoms. The molecule has 0 atom stereocenters. The number of aromatic nitrogens is 1. The SMILES string of the molecule is Cc1ccccc1CSCC(=O)N/N=C\c1cc(C)n(-c2ccccc2)c1C. The largest absolute Gasteiger partial charge is 0.318 e. The van der Waals surface area contributed by atoms with Crippen molar-refractivity contribution in [3.05, 3.63) is 88.7 Å². The van der Waals surface area contributed by atoms with Gasteiger partial charge >= 0.3 is 0 Å². The highest BCUT2D eigenvalue weighted by molar-refractivity contribution is 7.99. The zero-order chi connectivity index (χ0) is 19.9. The highest BCUT2D eigenvalue weighted by Gasteiger charge is 2.09. The third-order valence-electron chi connectivity index (χ3n) is 4.63. The van der Waals surface area contributed by atoms with E-state index >= 15 is 0 Å². The molecule has 0 aliphatic rings. The van der Waals surface area contributed by atoms with Crippen LogP contribution in [0, 0.1) is 20.8 Å². The van der Waals surface area contributed by atoms with Crippen molar-refractivity contribution >= 4 is 23.9 Å². The molecule has 3 rings (SSSR count). The fourth-order valence-electron chi connectivity index (χ4n) is 3.12. The minimum atomic E-state index is -0.0910. The number of rotatable bonds is 7. The third kappa shape index (κ3) is 4.93. The number of benzene rings is 2. The van der Waals surface area contributed by atoms with Crippen molar-refractivity contribution in [1.82, 2.24) is 9.99 Å². The second-order valence-corrected chi connectivity index (χ2v) is 7.70. The van der Waals surface area contributed by atoms with Crippen LogP contribution in [0.5, 0.6) is 0 Å². The number of hydrogen-bond donors (Lipinski definition) is 1. The molecule has 0 saturated heterocycles. The van der Waals surface area contributed by atoms with Crippen LogP contribution in [0.3, 0.4) is 0 Å². The third-order valence-corrected chi connectivity index (χ3v) is 5.61. The number of hydrogen-bond acceptors (Lipinski definition) is 3. The molecule has 0 fully saturated rings. The van der Waals surface area contributed by atoms with E-state index in [0.717, 1.165) is 28.4 Å². The molecule has 0 radical (unpaired) electrons. The number of nitrogens with zero attached hydrogens (tertiary/aromatic N) is 2. The molecule has 0 aliphatic carbocycles. The van der Waals surface area contributed by atoms with Gasteiger partial charge in [0.15, 0.2) is 0 Å². The van der Waals surface area contributed by atoms with E-state index in [1.165, 1.54) is 11.1 Å². The maximum absolute atomic E-state index is 12.0. The zero-order valence-corrected chi connectivity index (χ0v) is 17.3. The molecule has 0 spiro atoms. The summed E-state index contributed by atoms with van der Waals surface area (Å²) in [7, 11) is 0. The lowest BCUT2D eigenvalue weighted by molar-refractivity contribution is -0.118. The van der Waals surface area contributed by atoms with Crippen LogP contribution in [0.1, 0.15) is 28.1 Å². The first-order valence-corrected chi connectivity index (χ1v) is 10.4.